The summed E-state index contributed by atoms with van der Waals surface area (Å²) in [6.45, 7) is 2.14. The number of halogens is 1. The number of aromatic nitrogens is 2. The van der Waals surface area contributed by atoms with E-state index in [1.165, 1.54) is 29.1 Å². The monoisotopic (exact) mass is 258 g/mol. The Hall–Kier alpha value is -2.43. The molecule has 0 atom stereocenters. The molecule has 0 unspecified atom stereocenters. The fourth-order valence-corrected chi connectivity index (χ4v) is 2.17. The summed E-state index contributed by atoms with van der Waals surface area (Å²) in [4.78, 5) is 21.7. The first kappa shape index (κ1) is 11.6. The van der Waals surface area contributed by atoms with Gasteiger partial charge in [-0.25, -0.2) is 4.39 Å². The van der Waals surface area contributed by atoms with Gasteiger partial charge < -0.3 is 4.84 Å². The molecule has 0 amide bonds. The van der Waals surface area contributed by atoms with Crippen LogP contribution in [0, 0.1) is 5.82 Å². The van der Waals surface area contributed by atoms with Crippen molar-refractivity contribution in [3.8, 4) is 0 Å². The Morgan fingerprint density at radius 2 is 2.11 bits per heavy atom. The van der Waals surface area contributed by atoms with Crippen LogP contribution < -0.4 is 10.4 Å². The normalized spacial score (nSPS) is 11.1. The molecule has 0 saturated heterocycles. The number of rotatable bonds is 2. The van der Waals surface area contributed by atoms with E-state index < -0.39 is 0 Å². The van der Waals surface area contributed by atoms with Gasteiger partial charge in [0.25, 0.3) is 5.56 Å². The third kappa shape index (κ3) is 1.74. The molecule has 1 aromatic carbocycles. The molecule has 0 aliphatic carbocycles. The maximum absolute atomic E-state index is 13.4. The van der Waals surface area contributed by atoms with E-state index in [2.05, 4.69) is 4.98 Å². The van der Waals surface area contributed by atoms with E-state index in [1.54, 1.807) is 19.2 Å². The first-order valence-corrected chi connectivity index (χ1v) is 5.93. The van der Waals surface area contributed by atoms with Gasteiger partial charge in [-0.2, -0.15) is 0 Å². The average molecular weight is 258 g/mol. The molecule has 2 aromatic heterocycles. The second-order valence-corrected chi connectivity index (χ2v) is 4.10. The van der Waals surface area contributed by atoms with Crippen molar-refractivity contribution >= 4 is 21.7 Å². The number of benzene rings is 1. The first-order valence-electron chi connectivity index (χ1n) is 5.93. The molecule has 0 saturated carbocycles. The zero-order valence-electron chi connectivity index (χ0n) is 10.3. The van der Waals surface area contributed by atoms with Gasteiger partial charge >= 0.3 is 0 Å². The standard InChI is InChI=1S/C14H11FN2O2/c1-2-19-17-13-4-3-9(15)7-11(13)12-8-16-6-5-10(12)14(17)18/h3-8H,2H2,1H3. The van der Waals surface area contributed by atoms with E-state index in [0.29, 0.717) is 28.3 Å². The van der Waals surface area contributed by atoms with Gasteiger partial charge in [0.15, 0.2) is 0 Å². The molecule has 0 bridgehead atoms. The highest BCUT2D eigenvalue weighted by Crippen LogP contribution is 2.22. The molecule has 0 fully saturated rings. The molecule has 3 rings (SSSR count). The quantitative estimate of drug-likeness (QED) is 0.661. The summed E-state index contributed by atoms with van der Waals surface area (Å²) in [7, 11) is 0. The van der Waals surface area contributed by atoms with Crippen LogP contribution in [0.1, 0.15) is 6.92 Å². The Morgan fingerprint density at radius 3 is 2.89 bits per heavy atom. The lowest BCUT2D eigenvalue weighted by molar-refractivity contribution is 0.125. The van der Waals surface area contributed by atoms with Crippen molar-refractivity contribution in [3.05, 3.63) is 52.8 Å². The average Bonchev–Trinajstić information content (AvgIpc) is 2.44. The Bertz CT molecular complexity index is 827. The van der Waals surface area contributed by atoms with E-state index in [0.717, 1.165) is 0 Å². The van der Waals surface area contributed by atoms with Gasteiger partial charge in [-0.05, 0) is 31.2 Å². The SMILES string of the molecule is CCOn1c(=O)c2ccncc2c2cc(F)ccc21. The second kappa shape index (κ2) is 4.35. The van der Waals surface area contributed by atoms with E-state index in [-0.39, 0.29) is 11.4 Å². The van der Waals surface area contributed by atoms with Gasteiger partial charge in [0, 0.05) is 23.2 Å². The van der Waals surface area contributed by atoms with Gasteiger partial charge in [0.05, 0.1) is 10.9 Å². The van der Waals surface area contributed by atoms with Crippen LogP contribution in [0.5, 0.6) is 0 Å². The van der Waals surface area contributed by atoms with Crippen LogP contribution in [-0.4, -0.2) is 16.3 Å². The molecule has 96 valence electrons. The van der Waals surface area contributed by atoms with Crippen LogP contribution in [0.25, 0.3) is 21.7 Å². The molecule has 0 aliphatic heterocycles. The topological polar surface area (TPSA) is 44.1 Å². The van der Waals surface area contributed by atoms with Gasteiger partial charge in [-0.3, -0.25) is 9.78 Å². The molecule has 4 nitrogen and oxygen atoms in total. The molecule has 0 radical (unpaired) electrons. The number of hydrogen-bond acceptors (Lipinski definition) is 3. The van der Waals surface area contributed by atoms with E-state index in [1.807, 2.05) is 0 Å². The van der Waals surface area contributed by atoms with Crippen LogP contribution in [0.15, 0.2) is 41.5 Å². The van der Waals surface area contributed by atoms with Crippen LogP contribution in [0.2, 0.25) is 0 Å². The smallest absolute Gasteiger partial charge is 0.291 e. The lowest BCUT2D eigenvalue weighted by Gasteiger charge is -2.12. The second-order valence-electron chi connectivity index (χ2n) is 4.10. The van der Waals surface area contributed by atoms with Crippen molar-refractivity contribution in [1.82, 2.24) is 9.71 Å². The van der Waals surface area contributed by atoms with Gasteiger partial charge in [-0.1, -0.05) is 0 Å². The van der Waals surface area contributed by atoms with Crippen molar-refractivity contribution in [1.29, 1.82) is 0 Å². The van der Waals surface area contributed by atoms with Gasteiger partial charge in [0.2, 0.25) is 0 Å². The van der Waals surface area contributed by atoms with E-state index in [9.17, 15) is 9.18 Å². The van der Waals surface area contributed by atoms with E-state index >= 15 is 0 Å². The summed E-state index contributed by atoms with van der Waals surface area (Å²) in [5, 5.41) is 1.69. The molecule has 5 heteroatoms. The molecule has 0 aliphatic rings. The maximum Gasteiger partial charge on any atom is 0.291 e. The highest BCUT2D eigenvalue weighted by Gasteiger charge is 2.11. The molecule has 0 spiro atoms. The summed E-state index contributed by atoms with van der Waals surface area (Å²) in [6, 6.07) is 5.83. The minimum atomic E-state index is -0.362. The summed E-state index contributed by atoms with van der Waals surface area (Å²) < 4.78 is 14.6. The third-order valence-corrected chi connectivity index (χ3v) is 2.96. The third-order valence-electron chi connectivity index (χ3n) is 2.96. The zero-order chi connectivity index (χ0) is 13.4. The summed E-state index contributed by atoms with van der Waals surface area (Å²) in [5.41, 5.74) is 0.270. The minimum absolute atomic E-state index is 0.265. The number of hydrogen-bond donors (Lipinski definition) is 0. The Labute approximate surface area is 108 Å². The predicted octanol–water partition coefficient (Wildman–Crippen LogP) is 2.14. The molecular weight excluding hydrogens is 247 g/mol. The van der Waals surface area contributed by atoms with Crippen LogP contribution in [0.4, 0.5) is 4.39 Å². The summed E-state index contributed by atoms with van der Waals surface area (Å²) >= 11 is 0. The highest BCUT2D eigenvalue weighted by molar-refractivity contribution is 6.04. The maximum atomic E-state index is 13.4. The van der Waals surface area contributed by atoms with Crippen molar-refractivity contribution < 1.29 is 9.23 Å². The molecule has 3 aromatic rings. The highest BCUT2D eigenvalue weighted by atomic mass is 19.1. The van der Waals surface area contributed by atoms with Crippen molar-refractivity contribution in [2.75, 3.05) is 6.61 Å². The molecule has 0 N–H and O–H groups in total. The first-order chi connectivity index (χ1) is 9.22. The predicted molar refractivity (Wildman–Crippen MR) is 70.6 cm³/mol. The summed E-state index contributed by atoms with van der Waals surface area (Å²) in [5.74, 6) is -0.362. The summed E-state index contributed by atoms with van der Waals surface area (Å²) in [6.07, 6.45) is 3.10. The fraction of sp³-hybridized carbons (Fsp3) is 0.143. The van der Waals surface area contributed by atoms with Crippen LogP contribution >= 0.6 is 0 Å². The Kier molecular flexibility index (Phi) is 2.67. The van der Waals surface area contributed by atoms with Gasteiger partial charge in [0.1, 0.15) is 12.4 Å². The number of fused-ring (bicyclic) bond motifs is 3. The number of pyridine rings is 2. The van der Waals surface area contributed by atoms with Crippen LogP contribution in [0.3, 0.4) is 0 Å². The zero-order valence-corrected chi connectivity index (χ0v) is 10.3. The van der Waals surface area contributed by atoms with Gasteiger partial charge in [-0.15, -0.1) is 4.73 Å². The van der Waals surface area contributed by atoms with Crippen molar-refractivity contribution in [3.63, 3.8) is 0 Å². The lowest BCUT2D eigenvalue weighted by Crippen LogP contribution is -2.27. The largest absolute Gasteiger partial charge is 0.410 e. The van der Waals surface area contributed by atoms with E-state index in [4.69, 9.17) is 4.84 Å². The van der Waals surface area contributed by atoms with Crippen molar-refractivity contribution in [2.24, 2.45) is 0 Å². The molecule has 19 heavy (non-hydrogen) atoms. The lowest BCUT2D eigenvalue weighted by atomic mass is 10.1. The van der Waals surface area contributed by atoms with Crippen LogP contribution in [-0.2, 0) is 0 Å². The fourth-order valence-electron chi connectivity index (χ4n) is 2.17. The molecular formula is C14H11FN2O2. The Morgan fingerprint density at radius 1 is 1.26 bits per heavy atom. The number of nitrogens with zero attached hydrogens (tertiary/aromatic N) is 2. The molecule has 2 heterocycles. The van der Waals surface area contributed by atoms with Crippen molar-refractivity contribution in [2.45, 2.75) is 6.92 Å². The Balaban J connectivity index is 2.58. The minimum Gasteiger partial charge on any atom is -0.410 e.